The normalized spacial score (nSPS) is 21.2. The zero-order chi connectivity index (χ0) is 25.6. The Morgan fingerprint density at radius 1 is 1.05 bits per heavy atom. The first-order valence-electron chi connectivity index (χ1n) is 12.5. The molecule has 37 heavy (non-hydrogen) atoms. The Morgan fingerprint density at radius 3 is 2.54 bits per heavy atom. The van der Waals surface area contributed by atoms with Gasteiger partial charge in [-0.15, -0.1) is 0 Å². The van der Waals surface area contributed by atoms with Gasteiger partial charge in [0, 0.05) is 59.4 Å². The molecule has 0 spiro atoms. The molecule has 0 aliphatic carbocycles. The molecule has 1 atom stereocenters. The highest BCUT2D eigenvalue weighted by Crippen LogP contribution is 2.33. The minimum Gasteiger partial charge on any atom is -0.370 e. The fourth-order valence-corrected chi connectivity index (χ4v) is 5.88. The van der Waals surface area contributed by atoms with Crippen LogP contribution in [-0.2, 0) is 9.73 Å². The number of aromatic nitrogens is 5. The molecule has 2 bridgehead atoms. The molecule has 6 heterocycles. The highest BCUT2D eigenvalue weighted by atomic mass is 32.2. The van der Waals surface area contributed by atoms with E-state index < -0.39 is 9.73 Å². The summed E-state index contributed by atoms with van der Waals surface area (Å²) in [5.74, 6) is 2.20. The van der Waals surface area contributed by atoms with E-state index in [0.29, 0.717) is 29.3 Å². The van der Waals surface area contributed by atoms with E-state index in [2.05, 4.69) is 65.9 Å². The number of hydrogen-bond acceptors (Lipinski definition) is 9. The van der Waals surface area contributed by atoms with E-state index in [0.717, 1.165) is 23.5 Å². The SMILES string of the molecule is CN(c1ccc(Nc2ncc3cnn(-c4cccc(N=S(C)(C)=O)n4)c3n2)cc1)C1CN2CCC1CC2. The van der Waals surface area contributed by atoms with E-state index in [4.69, 9.17) is 4.98 Å². The number of anilines is 3. The lowest BCUT2D eigenvalue weighted by atomic mass is 9.83. The number of rotatable bonds is 6. The van der Waals surface area contributed by atoms with Gasteiger partial charge < -0.3 is 15.1 Å². The Bertz CT molecular complexity index is 1540. The molecule has 0 amide bonds. The summed E-state index contributed by atoms with van der Waals surface area (Å²) in [7, 11) is -0.111. The fourth-order valence-electron chi connectivity index (χ4n) is 5.32. The molecule has 3 aliphatic heterocycles. The van der Waals surface area contributed by atoms with Crippen LogP contribution in [-0.4, -0.2) is 79.1 Å². The molecule has 1 N–H and O–H groups in total. The zero-order valence-electron chi connectivity index (χ0n) is 21.3. The summed E-state index contributed by atoms with van der Waals surface area (Å²) in [4.78, 5) is 18.7. The molecule has 10 nitrogen and oxygen atoms in total. The van der Waals surface area contributed by atoms with E-state index in [9.17, 15) is 4.21 Å². The first-order valence-corrected chi connectivity index (χ1v) is 14.8. The van der Waals surface area contributed by atoms with Crippen molar-refractivity contribution in [2.24, 2.45) is 10.3 Å². The summed E-state index contributed by atoms with van der Waals surface area (Å²) in [6, 6.07) is 14.4. The summed E-state index contributed by atoms with van der Waals surface area (Å²) in [5.41, 5.74) is 2.75. The fraction of sp³-hybridized carbons (Fsp3) is 0.385. The van der Waals surface area contributed by atoms with Crippen molar-refractivity contribution >= 4 is 43.9 Å². The van der Waals surface area contributed by atoms with Crippen LogP contribution in [0.1, 0.15) is 12.8 Å². The van der Waals surface area contributed by atoms with Crippen LogP contribution >= 0.6 is 0 Å². The Labute approximate surface area is 216 Å². The molecule has 7 rings (SSSR count). The molecule has 0 saturated carbocycles. The summed E-state index contributed by atoms with van der Waals surface area (Å²) >= 11 is 0. The van der Waals surface area contributed by atoms with E-state index in [1.54, 1.807) is 35.7 Å². The predicted molar refractivity (Wildman–Crippen MR) is 148 cm³/mol. The van der Waals surface area contributed by atoms with E-state index in [-0.39, 0.29) is 0 Å². The highest BCUT2D eigenvalue weighted by Gasteiger charge is 2.36. The topological polar surface area (TPSA) is 104 Å². The lowest BCUT2D eigenvalue weighted by Crippen LogP contribution is -2.56. The van der Waals surface area contributed by atoms with Crippen molar-refractivity contribution in [3.8, 4) is 5.82 Å². The van der Waals surface area contributed by atoms with Gasteiger partial charge in [0.25, 0.3) is 0 Å². The molecule has 1 aromatic carbocycles. The maximum absolute atomic E-state index is 12.1. The number of piperidine rings is 3. The summed E-state index contributed by atoms with van der Waals surface area (Å²) in [6.07, 6.45) is 9.21. The molecule has 0 radical (unpaired) electrons. The second kappa shape index (κ2) is 9.38. The van der Waals surface area contributed by atoms with Crippen LogP contribution in [0.15, 0.2) is 59.2 Å². The molecular weight excluding hydrogens is 486 g/mol. The van der Waals surface area contributed by atoms with Gasteiger partial charge in [-0.2, -0.15) is 19.1 Å². The average molecular weight is 518 g/mol. The van der Waals surface area contributed by atoms with Gasteiger partial charge in [0.05, 0.1) is 11.6 Å². The number of benzene rings is 1. The van der Waals surface area contributed by atoms with Crippen molar-refractivity contribution in [2.75, 3.05) is 49.4 Å². The molecule has 3 fully saturated rings. The van der Waals surface area contributed by atoms with Crippen molar-refractivity contribution in [1.29, 1.82) is 0 Å². The number of nitrogens with one attached hydrogen (secondary N) is 1. The first kappa shape index (κ1) is 23.8. The lowest BCUT2D eigenvalue weighted by Gasteiger charge is -2.48. The van der Waals surface area contributed by atoms with E-state index in [1.165, 1.54) is 31.6 Å². The number of fused-ring (bicyclic) bond motifs is 4. The smallest absolute Gasteiger partial charge is 0.229 e. The minimum atomic E-state index is -2.32. The molecular formula is C26H31N9OS. The maximum atomic E-state index is 12.1. The van der Waals surface area contributed by atoms with E-state index in [1.807, 2.05) is 12.1 Å². The van der Waals surface area contributed by atoms with Gasteiger partial charge in [-0.3, -0.25) is 0 Å². The highest BCUT2D eigenvalue weighted by molar-refractivity contribution is 7.92. The van der Waals surface area contributed by atoms with Gasteiger partial charge in [-0.25, -0.2) is 14.2 Å². The number of hydrogen-bond donors (Lipinski definition) is 1. The minimum absolute atomic E-state index is 0.395. The Balaban J connectivity index is 1.22. The van der Waals surface area contributed by atoms with Crippen molar-refractivity contribution in [1.82, 2.24) is 29.6 Å². The van der Waals surface area contributed by atoms with Crippen molar-refractivity contribution in [3.05, 3.63) is 54.9 Å². The van der Waals surface area contributed by atoms with Crippen molar-refractivity contribution in [3.63, 3.8) is 0 Å². The van der Waals surface area contributed by atoms with Crippen molar-refractivity contribution < 1.29 is 4.21 Å². The number of nitrogens with zero attached hydrogens (tertiary/aromatic N) is 8. The van der Waals surface area contributed by atoms with Crippen molar-refractivity contribution in [2.45, 2.75) is 18.9 Å². The molecule has 3 aliphatic rings. The Kier molecular flexibility index (Phi) is 6.04. The quantitative estimate of drug-likeness (QED) is 0.411. The third kappa shape index (κ3) is 5.01. The van der Waals surface area contributed by atoms with Crippen LogP contribution in [0.4, 0.5) is 23.1 Å². The second-order valence-corrected chi connectivity index (χ2v) is 12.7. The molecule has 11 heteroatoms. The third-order valence-corrected chi connectivity index (χ3v) is 7.84. The molecule has 4 aromatic rings. The summed E-state index contributed by atoms with van der Waals surface area (Å²) < 4.78 is 17.9. The van der Waals surface area contributed by atoms with Crippen LogP contribution in [0.5, 0.6) is 0 Å². The third-order valence-electron chi connectivity index (χ3n) is 7.21. The Hall–Kier alpha value is -3.57. The molecule has 192 valence electrons. The number of likely N-dealkylation sites (N-methyl/N-ethyl adjacent to an activating group) is 1. The lowest BCUT2D eigenvalue weighted by molar-refractivity contribution is 0.0874. The van der Waals surface area contributed by atoms with Crippen LogP contribution in [0.2, 0.25) is 0 Å². The van der Waals surface area contributed by atoms with Crippen LogP contribution < -0.4 is 10.2 Å². The number of pyridine rings is 1. The van der Waals surface area contributed by atoms with Gasteiger partial charge in [-0.05, 0) is 68.2 Å². The summed E-state index contributed by atoms with van der Waals surface area (Å²) in [5, 5.41) is 8.55. The van der Waals surface area contributed by atoms with Gasteiger partial charge >= 0.3 is 0 Å². The van der Waals surface area contributed by atoms with Gasteiger partial charge in [-0.1, -0.05) is 6.07 Å². The monoisotopic (exact) mass is 517 g/mol. The molecule has 1 unspecified atom stereocenters. The van der Waals surface area contributed by atoms with Crippen LogP contribution in [0, 0.1) is 5.92 Å². The summed E-state index contributed by atoms with van der Waals surface area (Å²) in [6.45, 7) is 3.65. The largest absolute Gasteiger partial charge is 0.370 e. The van der Waals surface area contributed by atoms with Gasteiger partial charge in [0.2, 0.25) is 5.95 Å². The predicted octanol–water partition coefficient (Wildman–Crippen LogP) is 3.84. The average Bonchev–Trinajstić information content (AvgIpc) is 3.32. The van der Waals surface area contributed by atoms with Gasteiger partial charge in [0.15, 0.2) is 17.3 Å². The van der Waals surface area contributed by atoms with E-state index >= 15 is 0 Å². The molecule has 3 aromatic heterocycles. The Morgan fingerprint density at radius 2 is 1.84 bits per heavy atom. The standard InChI is InChI=1S/C26H31N9OS/c1-33(22-17-34-13-11-18(22)12-14-34)21-9-7-20(8-10-21)29-26-27-15-19-16-28-35(25(19)31-26)24-6-4-5-23(30-24)32-37(2,3)36/h4-10,15-16,18,22H,11-14,17H2,1-3H3,(H,27,29,31). The van der Waals surface area contributed by atoms with Crippen LogP contribution in [0.25, 0.3) is 16.9 Å². The van der Waals surface area contributed by atoms with Crippen LogP contribution in [0.3, 0.4) is 0 Å². The first-order chi connectivity index (χ1) is 17.8. The zero-order valence-corrected chi connectivity index (χ0v) is 22.1. The van der Waals surface area contributed by atoms with Gasteiger partial charge in [0.1, 0.15) is 0 Å². The maximum Gasteiger partial charge on any atom is 0.229 e. The second-order valence-electron chi connectivity index (χ2n) is 10.1. The molecule has 3 saturated heterocycles.